The fourth-order valence-corrected chi connectivity index (χ4v) is 4.35. The number of thioether (sulfide) groups is 1. The quantitative estimate of drug-likeness (QED) is 0.625. The summed E-state index contributed by atoms with van der Waals surface area (Å²) in [6.07, 6.45) is 7.92. The number of benzene rings is 1. The molecule has 2 fully saturated rings. The molecule has 25 heavy (non-hydrogen) atoms. The van der Waals surface area contributed by atoms with Gasteiger partial charge in [0.25, 0.3) is 0 Å². The van der Waals surface area contributed by atoms with E-state index in [9.17, 15) is 9.59 Å². The lowest BCUT2D eigenvalue weighted by Crippen LogP contribution is -2.35. The molecule has 7 heteroatoms. The number of hydrogen-bond donors (Lipinski definition) is 2. The van der Waals surface area contributed by atoms with Crippen molar-refractivity contribution in [2.45, 2.75) is 43.3 Å². The first-order valence-corrected chi connectivity index (χ1v) is 9.46. The number of carbonyl (C=O) groups is 2. The van der Waals surface area contributed by atoms with Crippen molar-refractivity contribution < 1.29 is 9.59 Å². The molecule has 2 amide bonds. The smallest absolute Gasteiger partial charge is 0.240 e. The van der Waals surface area contributed by atoms with Crippen molar-refractivity contribution in [3.8, 4) is 0 Å². The third kappa shape index (κ3) is 4.48. The molecular formula is C18H22N4O2S. The maximum absolute atomic E-state index is 12.3. The maximum atomic E-state index is 12.3. The van der Waals surface area contributed by atoms with Crippen LogP contribution in [0.1, 0.15) is 43.6 Å². The lowest BCUT2D eigenvalue weighted by atomic mass is 9.90. The Morgan fingerprint density at radius 2 is 1.96 bits per heavy atom. The number of rotatable bonds is 5. The van der Waals surface area contributed by atoms with Crippen LogP contribution in [-0.4, -0.2) is 28.4 Å². The first kappa shape index (κ1) is 17.7. The van der Waals surface area contributed by atoms with Gasteiger partial charge in [-0.15, -0.1) is 5.10 Å². The molecule has 2 aliphatic rings. The highest BCUT2D eigenvalue weighted by Gasteiger charge is 2.40. The molecule has 2 unspecified atom stereocenters. The molecule has 2 atom stereocenters. The SMILES string of the molecule is NC(=O)C(c1ccccc1)C1SC(=NN=CC2CCCCC2)NC1=O. The van der Waals surface area contributed by atoms with Gasteiger partial charge in [0.05, 0.1) is 5.92 Å². The highest BCUT2D eigenvalue weighted by Crippen LogP contribution is 2.33. The van der Waals surface area contributed by atoms with Gasteiger partial charge < -0.3 is 11.1 Å². The lowest BCUT2D eigenvalue weighted by Gasteiger charge is -2.17. The van der Waals surface area contributed by atoms with E-state index in [0.717, 1.165) is 18.4 Å². The predicted molar refractivity (Wildman–Crippen MR) is 100 cm³/mol. The second kappa shape index (κ2) is 8.29. The summed E-state index contributed by atoms with van der Waals surface area (Å²) in [5.41, 5.74) is 6.28. The molecule has 1 aromatic rings. The Hall–Kier alpha value is -2.15. The van der Waals surface area contributed by atoms with Gasteiger partial charge in [0.15, 0.2) is 5.17 Å². The van der Waals surface area contributed by atoms with E-state index >= 15 is 0 Å². The van der Waals surface area contributed by atoms with Gasteiger partial charge in [0.1, 0.15) is 5.25 Å². The number of hydrogen-bond acceptors (Lipinski definition) is 5. The van der Waals surface area contributed by atoms with E-state index in [0.29, 0.717) is 11.1 Å². The van der Waals surface area contributed by atoms with Gasteiger partial charge in [0.2, 0.25) is 11.8 Å². The van der Waals surface area contributed by atoms with Crippen molar-refractivity contribution in [2.24, 2.45) is 21.9 Å². The Bertz CT molecular complexity index is 684. The summed E-state index contributed by atoms with van der Waals surface area (Å²) in [5.74, 6) is -1.00. The molecule has 132 valence electrons. The fourth-order valence-electron chi connectivity index (χ4n) is 3.26. The molecule has 6 nitrogen and oxygen atoms in total. The third-order valence-electron chi connectivity index (χ3n) is 4.57. The van der Waals surface area contributed by atoms with E-state index in [1.807, 2.05) is 24.4 Å². The van der Waals surface area contributed by atoms with Gasteiger partial charge in [-0.25, -0.2) is 0 Å². The summed E-state index contributed by atoms with van der Waals surface area (Å²) in [7, 11) is 0. The molecular weight excluding hydrogens is 336 g/mol. The molecule has 0 bridgehead atoms. The molecule has 1 aromatic carbocycles. The molecule has 3 rings (SSSR count). The predicted octanol–water partition coefficient (Wildman–Crippen LogP) is 2.41. The first-order valence-electron chi connectivity index (χ1n) is 8.58. The average Bonchev–Trinajstić information content (AvgIpc) is 2.97. The number of amidine groups is 1. The summed E-state index contributed by atoms with van der Waals surface area (Å²) in [4.78, 5) is 24.2. The third-order valence-corrected chi connectivity index (χ3v) is 5.72. The van der Waals surface area contributed by atoms with Gasteiger partial charge in [0, 0.05) is 6.21 Å². The topological polar surface area (TPSA) is 96.9 Å². The van der Waals surface area contributed by atoms with Crippen LogP contribution >= 0.6 is 11.8 Å². The number of carbonyl (C=O) groups excluding carboxylic acids is 2. The zero-order valence-electron chi connectivity index (χ0n) is 13.9. The van der Waals surface area contributed by atoms with Crippen LogP contribution in [0.25, 0.3) is 0 Å². The van der Waals surface area contributed by atoms with Gasteiger partial charge >= 0.3 is 0 Å². The highest BCUT2D eigenvalue weighted by atomic mass is 32.2. The minimum atomic E-state index is -0.693. The zero-order chi connectivity index (χ0) is 17.6. The van der Waals surface area contributed by atoms with E-state index in [4.69, 9.17) is 5.73 Å². The van der Waals surface area contributed by atoms with Crippen LogP contribution in [0.5, 0.6) is 0 Å². The molecule has 0 spiro atoms. The molecule has 0 radical (unpaired) electrons. The fraction of sp³-hybridized carbons (Fsp3) is 0.444. The Morgan fingerprint density at radius 3 is 2.64 bits per heavy atom. The summed E-state index contributed by atoms with van der Waals surface area (Å²) in [6.45, 7) is 0. The van der Waals surface area contributed by atoms with Crippen molar-refractivity contribution in [1.82, 2.24) is 5.32 Å². The maximum Gasteiger partial charge on any atom is 0.240 e. The van der Waals surface area contributed by atoms with Crippen LogP contribution in [0.4, 0.5) is 0 Å². The van der Waals surface area contributed by atoms with E-state index in [1.165, 1.54) is 31.0 Å². The van der Waals surface area contributed by atoms with Crippen molar-refractivity contribution in [2.75, 3.05) is 0 Å². The number of amides is 2. The Morgan fingerprint density at radius 1 is 1.24 bits per heavy atom. The molecule has 1 heterocycles. The van der Waals surface area contributed by atoms with Crippen LogP contribution in [0, 0.1) is 5.92 Å². The van der Waals surface area contributed by atoms with Crippen LogP contribution in [0.15, 0.2) is 40.5 Å². The molecule has 1 saturated carbocycles. The van der Waals surface area contributed by atoms with Gasteiger partial charge in [-0.3, -0.25) is 9.59 Å². The Balaban J connectivity index is 1.69. The highest BCUT2D eigenvalue weighted by molar-refractivity contribution is 8.15. The minimum absolute atomic E-state index is 0.260. The number of nitrogens with zero attached hydrogens (tertiary/aromatic N) is 2. The first-order chi connectivity index (χ1) is 12.1. The van der Waals surface area contributed by atoms with E-state index in [1.54, 1.807) is 12.1 Å². The van der Waals surface area contributed by atoms with Crippen molar-refractivity contribution in [1.29, 1.82) is 0 Å². The molecule has 1 aliphatic carbocycles. The van der Waals surface area contributed by atoms with Gasteiger partial charge in [-0.05, 0) is 24.3 Å². The molecule has 0 aromatic heterocycles. The lowest BCUT2D eigenvalue weighted by molar-refractivity contribution is -0.124. The number of primary amides is 1. The molecule has 3 N–H and O–H groups in total. The van der Waals surface area contributed by atoms with Crippen LogP contribution in [-0.2, 0) is 9.59 Å². The van der Waals surface area contributed by atoms with E-state index in [-0.39, 0.29) is 5.91 Å². The molecule has 1 saturated heterocycles. The van der Waals surface area contributed by atoms with Crippen LogP contribution < -0.4 is 11.1 Å². The van der Waals surface area contributed by atoms with Crippen molar-refractivity contribution in [3.63, 3.8) is 0 Å². The van der Waals surface area contributed by atoms with Crippen LogP contribution in [0.3, 0.4) is 0 Å². The summed E-state index contributed by atoms with van der Waals surface area (Å²) >= 11 is 1.21. The van der Waals surface area contributed by atoms with Crippen molar-refractivity contribution in [3.05, 3.63) is 35.9 Å². The summed E-state index contributed by atoms with van der Waals surface area (Å²) in [5, 5.41) is 10.8. The second-order valence-corrected chi connectivity index (χ2v) is 7.52. The van der Waals surface area contributed by atoms with Gasteiger partial charge in [-0.2, -0.15) is 5.10 Å². The number of nitrogens with one attached hydrogen (secondary N) is 1. The largest absolute Gasteiger partial charge is 0.369 e. The minimum Gasteiger partial charge on any atom is -0.369 e. The van der Waals surface area contributed by atoms with Gasteiger partial charge in [-0.1, -0.05) is 61.4 Å². The van der Waals surface area contributed by atoms with E-state index < -0.39 is 17.1 Å². The van der Waals surface area contributed by atoms with Crippen LogP contribution in [0.2, 0.25) is 0 Å². The number of nitrogens with two attached hydrogens (primary N) is 1. The summed E-state index contributed by atoms with van der Waals surface area (Å²) in [6, 6.07) is 9.12. The Kier molecular flexibility index (Phi) is 5.86. The monoisotopic (exact) mass is 358 g/mol. The second-order valence-electron chi connectivity index (χ2n) is 6.39. The Labute approximate surface area is 151 Å². The zero-order valence-corrected chi connectivity index (χ0v) is 14.7. The van der Waals surface area contributed by atoms with Crippen molar-refractivity contribution >= 4 is 35.0 Å². The average molecular weight is 358 g/mol. The standard InChI is InChI=1S/C18H22N4O2S/c19-16(23)14(13-9-5-2-6-10-13)15-17(24)21-18(25-15)22-20-11-12-7-3-1-4-8-12/h2,5-6,9-12,14-15H,1,3-4,7-8H2,(H2,19,23)(H,21,22,24). The normalized spacial score (nSPS) is 24.6. The molecule has 1 aliphatic heterocycles. The summed E-state index contributed by atoms with van der Waals surface area (Å²) < 4.78 is 0. The van der Waals surface area contributed by atoms with E-state index in [2.05, 4.69) is 15.5 Å².